The molecule has 2 aliphatic rings. The molecule has 1 fully saturated rings. The monoisotopic (exact) mass is 496 g/mol. The highest BCUT2D eigenvalue weighted by Gasteiger charge is 2.31. The molecule has 5 rings (SSSR count). The lowest BCUT2D eigenvalue weighted by Crippen LogP contribution is -2.51. The highest BCUT2D eigenvalue weighted by atomic mass is 16.7. The molecule has 2 amide bonds. The van der Waals surface area contributed by atoms with E-state index >= 15 is 0 Å². The van der Waals surface area contributed by atoms with Gasteiger partial charge in [0.1, 0.15) is 0 Å². The van der Waals surface area contributed by atoms with Gasteiger partial charge in [-0.1, -0.05) is 25.0 Å². The molecule has 8 heteroatoms. The summed E-state index contributed by atoms with van der Waals surface area (Å²) in [6.45, 7) is 0.496. The molecule has 0 spiro atoms. The molecule has 2 unspecified atom stereocenters. The van der Waals surface area contributed by atoms with Crippen molar-refractivity contribution in [2.75, 3.05) is 12.1 Å². The van der Waals surface area contributed by atoms with Crippen LogP contribution in [0.15, 0.2) is 66.7 Å². The Morgan fingerprint density at radius 3 is 2.51 bits per heavy atom. The summed E-state index contributed by atoms with van der Waals surface area (Å²) in [6, 6.07) is 21.1. The van der Waals surface area contributed by atoms with Crippen LogP contribution in [0.25, 0.3) is 0 Å². The number of benzene rings is 3. The summed E-state index contributed by atoms with van der Waals surface area (Å²) < 4.78 is 10.7. The van der Waals surface area contributed by atoms with Gasteiger partial charge in [-0.25, -0.2) is 0 Å². The van der Waals surface area contributed by atoms with Gasteiger partial charge in [0, 0.05) is 35.4 Å². The lowest BCUT2D eigenvalue weighted by Gasteiger charge is -2.38. The van der Waals surface area contributed by atoms with Crippen LogP contribution in [0.3, 0.4) is 0 Å². The number of hydrogen-bond donors (Lipinski definition) is 2. The Labute approximate surface area is 215 Å². The van der Waals surface area contributed by atoms with E-state index in [1.165, 1.54) is 0 Å². The fraction of sp³-hybridized carbons (Fsp3) is 0.276. The molecule has 1 saturated carbocycles. The second kappa shape index (κ2) is 10.7. The first-order chi connectivity index (χ1) is 18.0. The fourth-order valence-electron chi connectivity index (χ4n) is 4.90. The van der Waals surface area contributed by atoms with Crippen molar-refractivity contribution in [1.82, 2.24) is 4.90 Å². The molecule has 1 aliphatic heterocycles. The summed E-state index contributed by atoms with van der Waals surface area (Å²) in [6.07, 6.45) is 3.77. The van der Waals surface area contributed by atoms with Gasteiger partial charge in [-0.15, -0.1) is 0 Å². The van der Waals surface area contributed by atoms with Crippen molar-refractivity contribution in [2.24, 2.45) is 5.73 Å². The maximum Gasteiger partial charge on any atom is 0.255 e. The first kappa shape index (κ1) is 24.3. The van der Waals surface area contributed by atoms with Crippen LogP contribution in [0.1, 0.15) is 57.5 Å². The normalized spacial score (nSPS) is 18.1. The van der Waals surface area contributed by atoms with E-state index in [1.54, 1.807) is 42.5 Å². The third kappa shape index (κ3) is 5.42. The van der Waals surface area contributed by atoms with Gasteiger partial charge >= 0.3 is 0 Å². The number of ether oxygens (including phenoxy) is 2. The molecular formula is C29H28N4O4. The van der Waals surface area contributed by atoms with Crippen molar-refractivity contribution >= 4 is 17.5 Å². The number of carbonyl (C=O) groups is 2. The molecule has 1 heterocycles. The molecule has 3 aromatic rings. The van der Waals surface area contributed by atoms with Crippen LogP contribution in [0.5, 0.6) is 11.5 Å². The Balaban J connectivity index is 1.36. The number of amides is 2. The Hall–Kier alpha value is -4.35. The molecule has 3 N–H and O–H groups in total. The average molecular weight is 497 g/mol. The van der Waals surface area contributed by atoms with E-state index < -0.39 is 0 Å². The summed E-state index contributed by atoms with van der Waals surface area (Å²) in [7, 11) is 0. The van der Waals surface area contributed by atoms with Crippen LogP contribution in [-0.4, -0.2) is 35.6 Å². The van der Waals surface area contributed by atoms with Crippen molar-refractivity contribution in [2.45, 2.75) is 44.3 Å². The van der Waals surface area contributed by atoms with E-state index in [0.29, 0.717) is 40.4 Å². The lowest BCUT2D eigenvalue weighted by atomic mass is 9.89. The molecule has 0 saturated heterocycles. The summed E-state index contributed by atoms with van der Waals surface area (Å²) >= 11 is 0. The fourth-order valence-corrected chi connectivity index (χ4v) is 4.90. The van der Waals surface area contributed by atoms with Gasteiger partial charge in [-0.05, 0) is 73.0 Å². The number of nitrogens with two attached hydrogens (primary N) is 1. The number of rotatable bonds is 6. The van der Waals surface area contributed by atoms with Gasteiger partial charge in [0.25, 0.3) is 11.8 Å². The standard InChI is InChI=1S/C29H28N4O4/c30-16-19-8-10-21(11-9-19)29(35)33(25-7-2-1-6-24(25)31)17-20-4-3-5-23(14-20)32-28(34)22-12-13-26-27(15-22)37-18-36-26/h3-5,8-15,24-25H,1-2,6-7,17-18,31H2,(H,32,34). The number of hydrogen-bond acceptors (Lipinski definition) is 6. The van der Waals surface area contributed by atoms with Gasteiger partial charge in [-0.2, -0.15) is 5.26 Å². The number of anilines is 1. The zero-order valence-electron chi connectivity index (χ0n) is 20.4. The lowest BCUT2D eigenvalue weighted by molar-refractivity contribution is 0.0583. The first-order valence-electron chi connectivity index (χ1n) is 12.4. The third-order valence-electron chi connectivity index (χ3n) is 6.88. The number of nitrogens with one attached hydrogen (secondary N) is 1. The first-order valence-corrected chi connectivity index (χ1v) is 12.4. The maximum atomic E-state index is 13.6. The largest absolute Gasteiger partial charge is 0.454 e. The van der Waals surface area contributed by atoms with Crippen molar-refractivity contribution in [3.8, 4) is 17.6 Å². The number of nitrogens with zero attached hydrogens (tertiary/aromatic N) is 2. The minimum Gasteiger partial charge on any atom is -0.454 e. The summed E-state index contributed by atoms with van der Waals surface area (Å²) in [4.78, 5) is 28.3. The van der Waals surface area contributed by atoms with Gasteiger partial charge < -0.3 is 25.4 Å². The van der Waals surface area contributed by atoms with Crippen LogP contribution in [0.2, 0.25) is 0 Å². The van der Waals surface area contributed by atoms with E-state index in [4.69, 9.17) is 20.5 Å². The van der Waals surface area contributed by atoms with Crippen LogP contribution in [0, 0.1) is 11.3 Å². The average Bonchev–Trinajstić information content (AvgIpc) is 3.40. The van der Waals surface area contributed by atoms with Gasteiger partial charge in [0.05, 0.1) is 11.6 Å². The molecule has 0 radical (unpaired) electrons. The van der Waals surface area contributed by atoms with Crippen molar-refractivity contribution in [3.05, 3.63) is 89.0 Å². The van der Waals surface area contributed by atoms with Crippen LogP contribution < -0.4 is 20.5 Å². The van der Waals surface area contributed by atoms with Gasteiger partial charge in [-0.3, -0.25) is 9.59 Å². The summed E-state index contributed by atoms with van der Waals surface area (Å²) in [5.74, 6) is 0.769. The Kier molecular flexibility index (Phi) is 7.06. The molecule has 1 aliphatic carbocycles. The molecule has 0 bridgehead atoms. The molecule has 0 aromatic heterocycles. The summed E-state index contributed by atoms with van der Waals surface area (Å²) in [5.41, 5.74) is 9.46. The summed E-state index contributed by atoms with van der Waals surface area (Å²) in [5, 5.41) is 12.0. The number of nitriles is 1. The van der Waals surface area contributed by atoms with E-state index in [1.807, 2.05) is 29.2 Å². The zero-order chi connectivity index (χ0) is 25.8. The van der Waals surface area contributed by atoms with Crippen LogP contribution in [0.4, 0.5) is 5.69 Å². The quantitative estimate of drug-likeness (QED) is 0.521. The predicted molar refractivity (Wildman–Crippen MR) is 138 cm³/mol. The van der Waals surface area contributed by atoms with Crippen molar-refractivity contribution < 1.29 is 19.1 Å². The van der Waals surface area contributed by atoms with E-state index in [-0.39, 0.29) is 30.7 Å². The van der Waals surface area contributed by atoms with E-state index in [2.05, 4.69) is 11.4 Å². The smallest absolute Gasteiger partial charge is 0.255 e. The Bertz CT molecular complexity index is 1350. The highest BCUT2D eigenvalue weighted by molar-refractivity contribution is 6.04. The molecule has 37 heavy (non-hydrogen) atoms. The van der Waals surface area contributed by atoms with E-state index in [0.717, 1.165) is 31.2 Å². The predicted octanol–water partition coefficient (Wildman–Crippen LogP) is 4.45. The minimum atomic E-state index is -0.268. The van der Waals surface area contributed by atoms with Crippen molar-refractivity contribution in [3.63, 3.8) is 0 Å². The topological polar surface area (TPSA) is 118 Å². The van der Waals surface area contributed by atoms with Crippen LogP contribution >= 0.6 is 0 Å². The Morgan fingerprint density at radius 1 is 0.973 bits per heavy atom. The molecule has 8 nitrogen and oxygen atoms in total. The molecule has 3 aromatic carbocycles. The highest BCUT2D eigenvalue weighted by Crippen LogP contribution is 2.33. The van der Waals surface area contributed by atoms with Gasteiger partial charge in [0.15, 0.2) is 11.5 Å². The second-order valence-corrected chi connectivity index (χ2v) is 9.36. The van der Waals surface area contributed by atoms with Crippen LogP contribution in [-0.2, 0) is 6.54 Å². The zero-order valence-corrected chi connectivity index (χ0v) is 20.4. The molecule has 188 valence electrons. The number of carbonyl (C=O) groups excluding carboxylic acids is 2. The molecule has 2 atom stereocenters. The SMILES string of the molecule is N#Cc1ccc(C(=O)N(Cc2cccc(NC(=O)c3ccc4c(c3)OCO4)c2)C2CCCCC2N)cc1. The third-order valence-corrected chi connectivity index (χ3v) is 6.88. The number of fused-ring (bicyclic) bond motifs is 1. The molecular weight excluding hydrogens is 468 g/mol. The van der Waals surface area contributed by atoms with Gasteiger partial charge in [0.2, 0.25) is 6.79 Å². The Morgan fingerprint density at radius 2 is 1.73 bits per heavy atom. The second-order valence-electron chi connectivity index (χ2n) is 9.36. The van der Waals surface area contributed by atoms with E-state index in [9.17, 15) is 9.59 Å². The maximum absolute atomic E-state index is 13.6. The van der Waals surface area contributed by atoms with Crippen molar-refractivity contribution in [1.29, 1.82) is 5.26 Å². The minimum absolute atomic E-state index is 0.0937.